The Hall–Kier alpha value is -3.63. The monoisotopic (exact) mass is 475 g/mol. The van der Waals surface area contributed by atoms with Gasteiger partial charge in [-0.25, -0.2) is 0 Å². The summed E-state index contributed by atoms with van der Waals surface area (Å²) in [6.07, 6.45) is 3.93. The van der Waals surface area contributed by atoms with Crippen LogP contribution in [0.4, 0.5) is 0 Å². The van der Waals surface area contributed by atoms with Crippen LogP contribution < -0.4 is 5.32 Å². The van der Waals surface area contributed by atoms with Gasteiger partial charge in [-0.2, -0.15) is 0 Å². The van der Waals surface area contributed by atoms with Crippen LogP contribution in [0.25, 0.3) is 11.3 Å². The number of benzene rings is 3. The quantitative estimate of drug-likeness (QED) is 0.365. The standard InChI is InChI=1S/C32H33N3O/c36-32(29-22-33-21-28(29)26-14-7-8-15-27(26)30-16-9-18-34-30)35-19-17-25(23-10-3-1-4-11-23)20-31(35)24-12-5-2-6-13-24/h1-16,18,25,28-29,31,33-34H,17,19-22H2/t25-,28-,29+,31+/m0/s1. The molecule has 2 saturated heterocycles. The number of piperidine rings is 1. The second-order valence-corrected chi connectivity index (χ2v) is 10.1. The Labute approximate surface area is 213 Å². The number of nitrogens with zero attached hydrogens (tertiary/aromatic N) is 1. The molecular weight excluding hydrogens is 442 g/mol. The molecule has 1 aromatic heterocycles. The lowest BCUT2D eigenvalue weighted by molar-refractivity contribution is -0.139. The molecule has 0 radical (unpaired) electrons. The molecule has 0 saturated carbocycles. The van der Waals surface area contributed by atoms with Gasteiger partial charge < -0.3 is 15.2 Å². The molecule has 2 N–H and O–H groups in total. The Balaban J connectivity index is 1.30. The average Bonchev–Trinajstić information content (AvgIpc) is 3.66. The molecule has 2 aliphatic heterocycles. The first-order chi connectivity index (χ1) is 17.8. The maximum Gasteiger partial charge on any atom is 0.228 e. The molecule has 3 aromatic carbocycles. The van der Waals surface area contributed by atoms with E-state index in [1.807, 2.05) is 12.3 Å². The Kier molecular flexibility index (Phi) is 6.44. The molecule has 4 heteroatoms. The lowest BCUT2D eigenvalue weighted by Gasteiger charge is -2.42. The second-order valence-electron chi connectivity index (χ2n) is 10.1. The van der Waals surface area contributed by atoms with Gasteiger partial charge in [-0.05, 0) is 47.6 Å². The van der Waals surface area contributed by atoms with Gasteiger partial charge in [0.2, 0.25) is 5.91 Å². The zero-order chi connectivity index (χ0) is 24.3. The van der Waals surface area contributed by atoms with E-state index < -0.39 is 0 Å². The third-order valence-corrected chi connectivity index (χ3v) is 8.12. The lowest BCUT2D eigenvalue weighted by Crippen LogP contribution is -2.45. The number of hydrogen-bond acceptors (Lipinski definition) is 2. The number of aromatic nitrogens is 1. The van der Waals surface area contributed by atoms with Gasteiger partial charge >= 0.3 is 0 Å². The van der Waals surface area contributed by atoms with Crippen molar-refractivity contribution >= 4 is 5.91 Å². The molecule has 2 aliphatic rings. The SMILES string of the molecule is O=C([C@@H]1CNC[C@H]1c1ccccc1-c1ccc[nH]1)N1CC[C@H](c2ccccc2)C[C@@H]1c1ccccc1. The van der Waals surface area contributed by atoms with Crippen LogP contribution in [0.3, 0.4) is 0 Å². The molecule has 4 atom stereocenters. The Morgan fingerprint density at radius 1 is 0.778 bits per heavy atom. The van der Waals surface area contributed by atoms with Crippen molar-refractivity contribution in [1.29, 1.82) is 0 Å². The van der Waals surface area contributed by atoms with E-state index in [0.29, 0.717) is 5.92 Å². The van der Waals surface area contributed by atoms with E-state index in [9.17, 15) is 4.79 Å². The molecule has 0 unspecified atom stereocenters. The van der Waals surface area contributed by atoms with Gasteiger partial charge in [-0.15, -0.1) is 0 Å². The zero-order valence-electron chi connectivity index (χ0n) is 20.5. The number of aromatic amines is 1. The van der Waals surface area contributed by atoms with Crippen LogP contribution in [0.1, 0.15) is 47.4 Å². The second kappa shape index (κ2) is 10.2. The highest BCUT2D eigenvalue weighted by atomic mass is 16.2. The number of likely N-dealkylation sites (tertiary alicyclic amines) is 1. The topological polar surface area (TPSA) is 48.1 Å². The molecule has 36 heavy (non-hydrogen) atoms. The minimum Gasteiger partial charge on any atom is -0.361 e. The van der Waals surface area contributed by atoms with Gasteiger partial charge in [0.15, 0.2) is 0 Å². The lowest BCUT2D eigenvalue weighted by atomic mass is 9.80. The van der Waals surface area contributed by atoms with Crippen molar-refractivity contribution in [3.8, 4) is 11.3 Å². The number of carbonyl (C=O) groups excluding carboxylic acids is 1. The fourth-order valence-electron chi connectivity index (χ4n) is 6.29. The summed E-state index contributed by atoms with van der Waals surface area (Å²) in [4.78, 5) is 19.8. The fraction of sp³-hybridized carbons (Fsp3) is 0.281. The predicted molar refractivity (Wildman–Crippen MR) is 145 cm³/mol. The minimum absolute atomic E-state index is 0.0689. The van der Waals surface area contributed by atoms with Crippen molar-refractivity contribution in [3.63, 3.8) is 0 Å². The molecule has 0 aliphatic carbocycles. The van der Waals surface area contributed by atoms with E-state index in [0.717, 1.165) is 38.2 Å². The molecule has 4 aromatic rings. The number of carbonyl (C=O) groups is 1. The molecule has 0 bridgehead atoms. The molecule has 6 rings (SSSR count). The number of rotatable bonds is 5. The first-order valence-corrected chi connectivity index (χ1v) is 13.1. The van der Waals surface area contributed by atoms with Crippen LogP contribution in [0.15, 0.2) is 103 Å². The average molecular weight is 476 g/mol. The number of H-pyrrole nitrogens is 1. The molecule has 2 fully saturated rings. The summed E-state index contributed by atoms with van der Waals surface area (Å²) in [6.45, 7) is 2.34. The number of hydrogen-bond donors (Lipinski definition) is 2. The summed E-state index contributed by atoms with van der Waals surface area (Å²) in [5.41, 5.74) is 6.16. The summed E-state index contributed by atoms with van der Waals surface area (Å²) in [5, 5.41) is 3.54. The van der Waals surface area contributed by atoms with E-state index in [1.54, 1.807) is 0 Å². The summed E-state index contributed by atoms with van der Waals surface area (Å²) in [7, 11) is 0. The molecule has 182 valence electrons. The highest BCUT2D eigenvalue weighted by Gasteiger charge is 2.41. The van der Waals surface area contributed by atoms with E-state index in [2.05, 4.69) is 106 Å². The summed E-state index contributed by atoms with van der Waals surface area (Å²) < 4.78 is 0. The normalized spacial score (nSPS) is 24.1. The Morgan fingerprint density at radius 3 is 2.25 bits per heavy atom. The van der Waals surface area contributed by atoms with Gasteiger partial charge in [0, 0.05) is 43.0 Å². The van der Waals surface area contributed by atoms with E-state index >= 15 is 0 Å². The first-order valence-electron chi connectivity index (χ1n) is 13.1. The van der Waals surface area contributed by atoms with Gasteiger partial charge in [0.1, 0.15) is 0 Å². The molecule has 3 heterocycles. The highest BCUT2D eigenvalue weighted by molar-refractivity contribution is 5.82. The molecule has 0 spiro atoms. The van der Waals surface area contributed by atoms with Crippen molar-refractivity contribution in [2.24, 2.45) is 5.92 Å². The van der Waals surface area contributed by atoms with Crippen LogP contribution >= 0.6 is 0 Å². The maximum atomic E-state index is 14.3. The largest absolute Gasteiger partial charge is 0.361 e. The molecule has 4 nitrogen and oxygen atoms in total. The third-order valence-electron chi connectivity index (χ3n) is 8.12. The van der Waals surface area contributed by atoms with Crippen LogP contribution in [-0.2, 0) is 4.79 Å². The third kappa shape index (κ3) is 4.38. The van der Waals surface area contributed by atoms with Gasteiger partial charge in [-0.3, -0.25) is 4.79 Å². The van der Waals surface area contributed by atoms with Crippen LogP contribution in [-0.4, -0.2) is 35.4 Å². The van der Waals surface area contributed by atoms with Gasteiger partial charge in [0.25, 0.3) is 0 Å². The van der Waals surface area contributed by atoms with Crippen LogP contribution in [0.5, 0.6) is 0 Å². The summed E-state index contributed by atoms with van der Waals surface area (Å²) >= 11 is 0. The maximum absolute atomic E-state index is 14.3. The van der Waals surface area contributed by atoms with Crippen LogP contribution in [0.2, 0.25) is 0 Å². The van der Waals surface area contributed by atoms with Crippen molar-refractivity contribution in [3.05, 3.63) is 120 Å². The van der Waals surface area contributed by atoms with E-state index in [1.165, 1.54) is 22.3 Å². The van der Waals surface area contributed by atoms with Crippen molar-refractivity contribution < 1.29 is 4.79 Å². The zero-order valence-corrected chi connectivity index (χ0v) is 20.5. The molecular formula is C32H33N3O. The van der Waals surface area contributed by atoms with Gasteiger partial charge in [0.05, 0.1) is 12.0 Å². The summed E-state index contributed by atoms with van der Waals surface area (Å²) in [6, 6.07) is 34.2. The highest BCUT2D eigenvalue weighted by Crippen LogP contribution is 2.42. The van der Waals surface area contributed by atoms with Crippen LogP contribution in [0, 0.1) is 5.92 Å². The summed E-state index contributed by atoms with van der Waals surface area (Å²) in [5.74, 6) is 0.832. The Bertz CT molecular complexity index is 1290. The number of nitrogens with one attached hydrogen (secondary N) is 2. The van der Waals surface area contributed by atoms with E-state index in [4.69, 9.17) is 0 Å². The van der Waals surface area contributed by atoms with E-state index in [-0.39, 0.29) is 23.8 Å². The molecule has 1 amide bonds. The van der Waals surface area contributed by atoms with Gasteiger partial charge in [-0.1, -0.05) is 84.9 Å². The first kappa shape index (κ1) is 22.8. The van der Waals surface area contributed by atoms with Crippen molar-refractivity contribution in [1.82, 2.24) is 15.2 Å². The fourth-order valence-corrected chi connectivity index (χ4v) is 6.29. The Morgan fingerprint density at radius 2 is 1.50 bits per heavy atom. The number of amides is 1. The smallest absolute Gasteiger partial charge is 0.228 e. The van der Waals surface area contributed by atoms with Crippen molar-refractivity contribution in [2.75, 3.05) is 19.6 Å². The van der Waals surface area contributed by atoms with Crippen molar-refractivity contribution in [2.45, 2.75) is 30.7 Å². The minimum atomic E-state index is -0.0689. The predicted octanol–water partition coefficient (Wildman–Crippen LogP) is 6.13.